The quantitative estimate of drug-likeness (QED) is 0.617. The van der Waals surface area contributed by atoms with Gasteiger partial charge in [-0.2, -0.15) is 5.10 Å². The van der Waals surface area contributed by atoms with Gasteiger partial charge in [-0.3, -0.25) is 9.88 Å². The normalized spacial score (nSPS) is 16.9. The predicted octanol–water partition coefficient (Wildman–Crippen LogP) is 4.10. The van der Waals surface area contributed by atoms with Crippen molar-refractivity contribution in [2.45, 2.75) is 32.0 Å². The summed E-state index contributed by atoms with van der Waals surface area (Å²) in [6.07, 6.45) is 8.43. The molecule has 0 saturated carbocycles. The summed E-state index contributed by atoms with van der Waals surface area (Å²) in [5.74, 6) is 0. The largest absolute Gasteiger partial charge is 0.377 e. The van der Waals surface area contributed by atoms with Crippen molar-refractivity contribution < 1.29 is 4.74 Å². The van der Waals surface area contributed by atoms with E-state index in [-0.39, 0.29) is 0 Å². The summed E-state index contributed by atoms with van der Waals surface area (Å²) in [5.41, 5.74) is 3.24. The van der Waals surface area contributed by atoms with Crippen LogP contribution < -0.4 is 0 Å². The molecule has 1 saturated heterocycles. The van der Waals surface area contributed by atoms with Crippen molar-refractivity contribution in [3.63, 3.8) is 0 Å². The van der Waals surface area contributed by atoms with Crippen LogP contribution in [0.3, 0.4) is 0 Å². The first-order valence-corrected chi connectivity index (χ1v) is 9.67. The lowest BCUT2D eigenvalue weighted by Crippen LogP contribution is -2.31. The topological polar surface area (TPSA) is 43.2 Å². The Bertz CT molecular complexity index is 844. The number of nitrogens with zero attached hydrogens (tertiary/aromatic N) is 4. The first-order chi connectivity index (χ1) is 13.3. The van der Waals surface area contributed by atoms with Crippen LogP contribution in [0, 0.1) is 0 Å². The minimum atomic E-state index is 0.306. The Hall–Kier alpha value is -2.21. The van der Waals surface area contributed by atoms with Crippen LogP contribution in [0.5, 0.6) is 0 Å². The summed E-state index contributed by atoms with van der Waals surface area (Å²) in [5, 5.41) is 5.23. The number of pyridine rings is 1. The van der Waals surface area contributed by atoms with E-state index in [2.05, 4.69) is 27.2 Å². The lowest BCUT2D eigenvalue weighted by Gasteiger charge is -2.24. The first kappa shape index (κ1) is 18.2. The van der Waals surface area contributed by atoms with E-state index in [9.17, 15) is 0 Å². The number of rotatable bonds is 7. The van der Waals surface area contributed by atoms with E-state index in [1.807, 2.05) is 53.5 Å². The molecule has 2 aromatic heterocycles. The maximum atomic E-state index is 5.98. The molecule has 0 bridgehead atoms. The summed E-state index contributed by atoms with van der Waals surface area (Å²) in [4.78, 5) is 6.87. The van der Waals surface area contributed by atoms with Crippen LogP contribution in [-0.4, -0.2) is 38.9 Å². The second-order valence-electron chi connectivity index (χ2n) is 6.90. The molecule has 0 unspecified atom stereocenters. The van der Waals surface area contributed by atoms with E-state index >= 15 is 0 Å². The van der Waals surface area contributed by atoms with Crippen molar-refractivity contribution in [1.82, 2.24) is 19.7 Å². The van der Waals surface area contributed by atoms with Crippen molar-refractivity contribution in [2.24, 2.45) is 0 Å². The SMILES string of the molecule is Clc1ccc(-n2cc(CN(Cc3ccccn3)C[C@@H]3CCCO3)cn2)cc1. The molecular formula is C21H23ClN4O. The Morgan fingerprint density at radius 3 is 2.78 bits per heavy atom. The van der Waals surface area contributed by atoms with Crippen molar-refractivity contribution in [1.29, 1.82) is 0 Å². The molecule has 140 valence electrons. The number of benzene rings is 1. The standard InChI is InChI=1S/C21H23ClN4O/c22-18-6-8-20(9-7-18)26-14-17(12-24-26)13-25(16-21-5-3-11-27-21)15-19-4-1-2-10-23-19/h1-2,4,6-10,12,14,21H,3,5,11,13,15-16H2/t21-/m0/s1. The van der Waals surface area contributed by atoms with Gasteiger partial charge in [0.1, 0.15) is 0 Å². The molecule has 5 nitrogen and oxygen atoms in total. The highest BCUT2D eigenvalue weighted by molar-refractivity contribution is 6.30. The Morgan fingerprint density at radius 1 is 1.15 bits per heavy atom. The molecule has 1 atom stereocenters. The molecule has 0 amide bonds. The van der Waals surface area contributed by atoms with Crippen molar-refractivity contribution in [2.75, 3.05) is 13.2 Å². The van der Waals surface area contributed by atoms with Gasteiger partial charge in [-0.05, 0) is 49.2 Å². The molecular weight excluding hydrogens is 360 g/mol. The second kappa shape index (κ2) is 8.65. The van der Waals surface area contributed by atoms with Gasteiger partial charge in [0.05, 0.1) is 23.7 Å². The van der Waals surface area contributed by atoms with E-state index < -0.39 is 0 Å². The van der Waals surface area contributed by atoms with E-state index in [4.69, 9.17) is 16.3 Å². The Kier molecular flexibility index (Phi) is 5.82. The van der Waals surface area contributed by atoms with Gasteiger partial charge in [0.2, 0.25) is 0 Å². The van der Waals surface area contributed by atoms with Crippen LogP contribution in [0.4, 0.5) is 0 Å². The van der Waals surface area contributed by atoms with E-state index in [0.29, 0.717) is 6.10 Å². The fourth-order valence-corrected chi connectivity index (χ4v) is 3.54. The van der Waals surface area contributed by atoms with Crippen molar-refractivity contribution in [3.8, 4) is 5.69 Å². The lowest BCUT2D eigenvalue weighted by molar-refractivity contribution is 0.0675. The highest BCUT2D eigenvalue weighted by Crippen LogP contribution is 2.18. The van der Waals surface area contributed by atoms with Crippen molar-refractivity contribution >= 4 is 11.6 Å². The minimum Gasteiger partial charge on any atom is -0.377 e. The predicted molar refractivity (Wildman–Crippen MR) is 106 cm³/mol. The van der Waals surface area contributed by atoms with Gasteiger partial charge in [-0.15, -0.1) is 0 Å². The van der Waals surface area contributed by atoms with E-state index in [0.717, 1.165) is 55.5 Å². The number of hydrogen-bond donors (Lipinski definition) is 0. The minimum absolute atomic E-state index is 0.306. The molecule has 3 heterocycles. The van der Waals surface area contributed by atoms with Crippen LogP contribution in [0.25, 0.3) is 5.69 Å². The molecule has 3 aromatic rings. The van der Waals surface area contributed by atoms with Crippen LogP contribution in [0.15, 0.2) is 61.1 Å². The van der Waals surface area contributed by atoms with Gasteiger partial charge in [0.15, 0.2) is 0 Å². The summed E-state index contributed by atoms with van der Waals surface area (Å²) < 4.78 is 7.73. The molecule has 0 radical (unpaired) electrons. The maximum absolute atomic E-state index is 5.98. The second-order valence-corrected chi connectivity index (χ2v) is 7.33. The molecule has 0 aliphatic carbocycles. The van der Waals surface area contributed by atoms with Gasteiger partial charge in [0.25, 0.3) is 0 Å². The molecule has 1 aliphatic rings. The molecule has 4 rings (SSSR count). The monoisotopic (exact) mass is 382 g/mol. The molecule has 6 heteroatoms. The zero-order chi connectivity index (χ0) is 18.5. The summed E-state index contributed by atoms with van der Waals surface area (Å²) in [6.45, 7) is 3.39. The average Bonchev–Trinajstić information content (AvgIpc) is 3.35. The number of ether oxygens (including phenoxy) is 1. The lowest BCUT2D eigenvalue weighted by atomic mass is 10.2. The van der Waals surface area contributed by atoms with Gasteiger partial charge >= 0.3 is 0 Å². The zero-order valence-electron chi connectivity index (χ0n) is 15.2. The fraction of sp³-hybridized carbons (Fsp3) is 0.333. The zero-order valence-corrected chi connectivity index (χ0v) is 15.9. The fourth-order valence-electron chi connectivity index (χ4n) is 3.42. The Labute approximate surface area is 164 Å². The molecule has 0 N–H and O–H groups in total. The average molecular weight is 383 g/mol. The van der Waals surface area contributed by atoms with Gasteiger partial charge in [-0.25, -0.2) is 4.68 Å². The third-order valence-electron chi connectivity index (χ3n) is 4.73. The number of hydrogen-bond acceptors (Lipinski definition) is 4. The molecule has 1 fully saturated rings. The summed E-state index contributed by atoms with van der Waals surface area (Å²) >= 11 is 5.98. The summed E-state index contributed by atoms with van der Waals surface area (Å²) in [6, 6.07) is 13.7. The smallest absolute Gasteiger partial charge is 0.0703 e. The number of halogens is 1. The first-order valence-electron chi connectivity index (χ1n) is 9.29. The van der Waals surface area contributed by atoms with Crippen LogP contribution >= 0.6 is 11.6 Å². The van der Waals surface area contributed by atoms with E-state index in [1.54, 1.807) is 0 Å². The molecule has 1 aromatic carbocycles. The Morgan fingerprint density at radius 2 is 2.04 bits per heavy atom. The van der Waals surface area contributed by atoms with Crippen LogP contribution in [0.2, 0.25) is 5.02 Å². The molecule has 1 aliphatic heterocycles. The number of aromatic nitrogens is 3. The maximum Gasteiger partial charge on any atom is 0.0703 e. The van der Waals surface area contributed by atoms with Gasteiger partial charge in [0, 0.05) is 49.2 Å². The van der Waals surface area contributed by atoms with E-state index in [1.165, 1.54) is 5.56 Å². The highest BCUT2D eigenvalue weighted by Gasteiger charge is 2.20. The van der Waals surface area contributed by atoms with Gasteiger partial charge < -0.3 is 4.74 Å². The van der Waals surface area contributed by atoms with Crippen LogP contribution in [0.1, 0.15) is 24.1 Å². The van der Waals surface area contributed by atoms with Crippen molar-refractivity contribution in [3.05, 3.63) is 77.3 Å². The molecule has 0 spiro atoms. The van der Waals surface area contributed by atoms with Crippen LogP contribution in [-0.2, 0) is 17.8 Å². The Balaban J connectivity index is 1.47. The molecule has 27 heavy (non-hydrogen) atoms. The summed E-state index contributed by atoms with van der Waals surface area (Å²) in [7, 11) is 0. The third kappa shape index (κ3) is 4.95. The third-order valence-corrected chi connectivity index (χ3v) is 4.98. The highest BCUT2D eigenvalue weighted by atomic mass is 35.5. The van der Waals surface area contributed by atoms with Gasteiger partial charge in [-0.1, -0.05) is 17.7 Å².